The van der Waals surface area contributed by atoms with Crippen LogP contribution in [0.1, 0.15) is 36.8 Å². The van der Waals surface area contributed by atoms with E-state index in [-0.39, 0.29) is 5.41 Å². The van der Waals surface area contributed by atoms with Gasteiger partial charge in [0.25, 0.3) is 0 Å². The molecule has 2 aromatic carbocycles. The lowest BCUT2D eigenvalue weighted by atomic mass is 9.79. The standard InChI is InChI=1S/C25H28INO3S/c1-17-5-11-20(12-6-17)31(28,29)27-15-22-24(18-7-9-19(30-2)10-8-18)21-14-25(22,16-27)13-3-4-23(21)26/h5-12,21,23H,3-4,13-16H2,1-2H3/t21-,23-,25-/m1/s1. The summed E-state index contributed by atoms with van der Waals surface area (Å²) in [7, 11) is -1.82. The quantitative estimate of drug-likeness (QED) is 0.376. The Hall–Kier alpha value is -1.38. The average Bonchev–Trinajstić information content (AvgIpc) is 3.21. The van der Waals surface area contributed by atoms with Crippen molar-refractivity contribution in [2.75, 3.05) is 20.2 Å². The molecule has 1 saturated carbocycles. The van der Waals surface area contributed by atoms with Gasteiger partial charge in [-0.25, -0.2) is 8.42 Å². The lowest BCUT2D eigenvalue weighted by Crippen LogP contribution is -2.32. The van der Waals surface area contributed by atoms with Crippen molar-refractivity contribution in [2.24, 2.45) is 11.3 Å². The molecule has 3 aliphatic rings. The van der Waals surface area contributed by atoms with E-state index < -0.39 is 10.0 Å². The molecule has 0 N–H and O–H groups in total. The maximum Gasteiger partial charge on any atom is 0.243 e. The molecule has 164 valence electrons. The van der Waals surface area contributed by atoms with Gasteiger partial charge in [-0.2, -0.15) is 4.31 Å². The van der Waals surface area contributed by atoms with Gasteiger partial charge >= 0.3 is 0 Å². The van der Waals surface area contributed by atoms with Gasteiger partial charge in [-0.3, -0.25) is 0 Å². The Morgan fingerprint density at radius 3 is 2.48 bits per heavy atom. The fourth-order valence-corrected chi connectivity index (χ4v) is 8.35. The third kappa shape index (κ3) is 3.55. The van der Waals surface area contributed by atoms with Crippen molar-refractivity contribution in [2.45, 2.75) is 41.4 Å². The van der Waals surface area contributed by atoms with Crippen LogP contribution in [0, 0.1) is 18.3 Å². The van der Waals surface area contributed by atoms with E-state index in [4.69, 9.17) is 4.74 Å². The smallest absolute Gasteiger partial charge is 0.243 e. The molecule has 1 aliphatic heterocycles. The molecule has 0 amide bonds. The van der Waals surface area contributed by atoms with Crippen LogP contribution in [0.3, 0.4) is 0 Å². The second-order valence-corrected chi connectivity index (χ2v) is 12.7. The molecule has 31 heavy (non-hydrogen) atoms. The van der Waals surface area contributed by atoms with E-state index in [0.29, 0.717) is 27.8 Å². The second kappa shape index (κ2) is 7.89. The van der Waals surface area contributed by atoms with E-state index in [0.717, 1.165) is 24.2 Å². The Morgan fingerprint density at radius 2 is 1.81 bits per heavy atom. The summed E-state index contributed by atoms with van der Waals surface area (Å²) in [6.07, 6.45) is 4.52. The van der Waals surface area contributed by atoms with E-state index in [2.05, 4.69) is 34.7 Å². The van der Waals surface area contributed by atoms with Gasteiger partial charge in [-0.1, -0.05) is 58.8 Å². The molecular formula is C25H28INO3S. The van der Waals surface area contributed by atoms with Gasteiger partial charge in [0.1, 0.15) is 5.75 Å². The minimum atomic E-state index is -3.50. The lowest BCUT2D eigenvalue weighted by molar-refractivity contribution is 0.303. The molecule has 3 atom stereocenters. The van der Waals surface area contributed by atoms with Gasteiger partial charge in [-0.05, 0) is 73.1 Å². The first-order valence-electron chi connectivity index (χ1n) is 10.9. The Balaban J connectivity index is 1.59. The van der Waals surface area contributed by atoms with E-state index in [9.17, 15) is 8.42 Å². The third-order valence-corrected chi connectivity index (χ3v) is 10.7. The average molecular weight is 549 g/mol. The number of halogens is 1. The lowest BCUT2D eigenvalue weighted by Gasteiger charge is -2.26. The third-order valence-electron chi connectivity index (χ3n) is 7.39. The van der Waals surface area contributed by atoms with Gasteiger partial charge in [0, 0.05) is 22.4 Å². The Kier molecular flexibility index (Phi) is 5.46. The zero-order valence-electron chi connectivity index (χ0n) is 18.0. The summed E-state index contributed by atoms with van der Waals surface area (Å²) in [5.41, 5.74) is 5.03. The largest absolute Gasteiger partial charge is 0.497 e. The van der Waals surface area contributed by atoms with E-state index in [1.54, 1.807) is 23.5 Å². The maximum atomic E-state index is 13.5. The van der Waals surface area contributed by atoms with E-state index in [1.807, 2.05) is 31.2 Å². The molecule has 2 bridgehead atoms. The molecular weight excluding hydrogens is 521 g/mol. The molecule has 2 aliphatic carbocycles. The van der Waals surface area contributed by atoms with Crippen LogP contribution in [0.5, 0.6) is 5.75 Å². The van der Waals surface area contributed by atoms with Crippen molar-refractivity contribution < 1.29 is 13.2 Å². The highest BCUT2D eigenvalue weighted by atomic mass is 127. The fraction of sp³-hybridized carbons (Fsp3) is 0.440. The zero-order chi connectivity index (χ0) is 21.8. The summed E-state index contributed by atoms with van der Waals surface area (Å²) in [6.45, 7) is 3.10. The predicted molar refractivity (Wildman–Crippen MR) is 132 cm³/mol. The van der Waals surface area contributed by atoms with Crippen LogP contribution in [0.15, 0.2) is 59.0 Å². The topological polar surface area (TPSA) is 46.6 Å². The number of sulfonamides is 1. The minimum Gasteiger partial charge on any atom is -0.497 e. The van der Waals surface area contributed by atoms with Crippen LogP contribution >= 0.6 is 22.6 Å². The first kappa shape index (κ1) is 21.5. The summed E-state index contributed by atoms with van der Waals surface area (Å²) in [5.74, 6) is 1.35. The van der Waals surface area contributed by atoms with Gasteiger partial charge < -0.3 is 4.74 Å². The Morgan fingerprint density at radius 1 is 1.10 bits per heavy atom. The summed E-state index contributed by atoms with van der Waals surface area (Å²) in [4.78, 5) is 0.401. The number of aryl methyl sites for hydroxylation is 1. The Labute approximate surface area is 198 Å². The maximum absolute atomic E-state index is 13.5. The van der Waals surface area contributed by atoms with Gasteiger partial charge in [-0.15, -0.1) is 0 Å². The normalized spacial score (nSPS) is 28.5. The molecule has 6 heteroatoms. The van der Waals surface area contributed by atoms with Crippen LogP contribution in [0.25, 0.3) is 5.57 Å². The second-order valence-electron chi connectivity index (χ2n) is 9.21. The van der Waals surface area contributed by atoms with Gasteiger partial charge in [0.05, 0.1) is 12.0 Å². The number of rotatable bonds is 4. The van der Waals surface area contributed by atoms with Crippen molar-refractivity contribution in [1.82, 2.24) is 4.31 Å². The molecule has 0 radical (unpaired) electrons. The number of methoxy groups -OCH3 is 1. The van der Waals surface area contributed by atoms with Gasteiger partial charge in [0.2, 0.25) is 10.0 Å². The number of hydrogen-bond acceptors (Lipinski definition) is 3. The van der Waals surface area contributed by atoms with Crippen molar-refractivity contribution in [3.8, 4) is 5.75 Å². The molecule has 5 rings (SSSR count). The SMILES string of the molecule is COc1ccc(C2=C3CN(S(=O)(=O)c4ccc(C)cc4)C[C@]34CCC[C@@H](I)[C@H]2C4)cc1. The van der Waals surface area contributed by atoms with Crippen LogP contribution in [0.2, 0.25) is 0 Å². The molecule has 1 spiro atoms. The first-order valence-corrected chi connectivity index (χ1v) is 13.6. The molecule has 1 saturated heterocycles. The monoisotopic (exact) mass is 549 g/mol. The number of benzene rings is 2. The number of alkyl halides is 1. The van der Waals surface area contributed by atoms with Crippen molar-refractivity contribution in [1.29, 1.82) is 0 Å². The molecule has 2 aromatic rings. The van der Waals surface area contributed by atoms with Crippen LogP contribution < -0.4 is 4.74 Å². The molecule has 1 heterocycles. The highest BCUT2D eigenvalue weighted by Gasteiger charge is 2.55. The van der Waals surface area contributed by atoms with Crippen LogP contribution in [-0.2, 0) is 10.0 Å². The molecule has 4 nitrogen and oxygen atoms in total. The summed E-state index contributed by atoms with van der Waals surface area (Å²) in [6, 6.07) is 15.6. The molecule has 2 fully saturated rings. The predicted octanol–water partition coefficient (Wildman–Crippen LogP) is 5.46. The highest BCUT2D eigenvalue weighted by molar-refractivity contribution is 14.1. The molecule has 0 unspecified atom stereocenters. The summed E-state index contributed by atoms with van der Waals surface area (Å²) < 4.78 is 34.7. The van der Waals surface area contributed by atoms with Crippen LogP contribution in [0.4, 0.5) is 0 Å². The van der Waals surface area contributed by atoms with Gasteiger partial charge in [0.15, 0.2) is 0 Å². The van der Waals surface area contributed by atoms with E-state index >= 15 is 0 Å². The van der Waals surface area contributed by atoms with Crippen molar-refractivity contribution in [3.05, 3.63) is 65.2 Å². The number of fused-ring (bicyclic) bond motifs is 1. The van der Waals surface area contributed by atoms with Crippen molar-refractivity contribution in [3.63, 3.8) is 0 Å². The van der Waals surface area contributed by atoms with E-state index in [1.165, 1.54) is 29.6 Å². The highest BCUT2D eigenvalue weighted by Crippen LogP contribution is 2.61. The Bertz CT molecular complexity index is 1120. The minimum absolute atomic E-state index is 0.0163. The first-order chi connectivity index (χ1) is 14.8. The molecule has 0 aromatic heterocycles. The van der Waals surface area contributed by atoms with Crippen LogP contribution in [-0.4, -0.2) is 36.8 Å². The number of hydrogen-bond donors (Lipinski definition) is 0. The fourth-order valence-electron chi connectivity index (χ4n) is 5.80. The number of nitrogens with zero attached hydrogens (tertiary/aromatic N) is 1. The number of ether oxygens (including phenoxy) is 1. The summed E-state index contributed by atoms with van der Waals surface area (Å²) in [5, 5.41) is 0. The van der Waals surface area contributed by atoms with Crippen molar-refractivity contribution >= 4 is 38.2 Å². The summed E-state index contributed by atoms with van der Waals surface area (Å²) >= 11 is 2.63. The number of allylic oxidation sites excluding steroid dienone is 1. The zero-order valence-corrected chi connectivity index (χ0v) is 20.9.